The fourth-order valence-corrected chi connectivity index (χ4v) is 1.72. The maximum atomic E-state index is 12.0. The zero-order chi connectivity index (χ0) is 14.7. The van der Waals surface area contributed by atoms with Crippen molar-refractivity contribution in [1.29, 1.82) is 0 Å². The van der Waals surface area contributed by atoms with E-state index < -0.39 is 5.60 Å². The van der Waals surface area contributed by atoms with Crippen molar-refractivity contribution in [2.45, 2.75) is 52.7 Å². The molecule has 106 valence electrons. The molecule has 1 amide bonds. The Balaban J connectivity index is 2.67. The molecular formula is C16H25NO2. The standard InChI is InChI=1S/C16H25NO2/c1-12(15(2,3)4)17-14(18)11-16(5,19)13-9-7-6-8-10-13/h6-10,12,19H,11H2,1-5H3,(H,17,18). The molecule has 0 radical (unpaired) electrons. The average Bonchev–Trinajstić information content (AvgIpc) is 2.28. The van der Waals surface area contributed by atoms with E-state index >= 15 is 0 Å². The first-order chi connectivity index (χ1) is 8.63. The molecule has 2 unspecified atom stereocenters. The van der Waals surface area contributed by atoms with Crippen LogP contribution >= 0.6 is 0 Å². The van der Waals surface area contributed by atoms with Gasteiger partial charge < -0.3 is 10.4 Å². The third-order valence-electron chi connectivity index (χ3n) is 3.58. The number of nitrogens with one attached hydrogen (secondary N) is 1. The molecule has 0 aliphatic heterocycles. The summed E-state index contributed by atoms with van der Waals surface area (Å²) in [5.74, 6) is -0.128. The molecule has 0 aliphatic carbocycles. The van der Waals surface area contributed by atoms with Crippen LogP contribution < -0.4 is 5.32 Å². The lowest BCUT2D eigenvalue weighted by atomic mass is 9.87. The highest BCUT2D eigenvalue weighted by Crippen LogP contribution is 2.25. The van der Waals surface area contributed by atoms with Crippen molar-refractivity contribution >= 4 is 5.91 Å². The van der Waals surface area contributed by atoms with E-state index in [0.29, 0.717) is 0 Å². The van der Waals surface area contributed by atoms with Crippen molar-refractivity contribution in [1.82, 2.24) is 5.32 Å². The summed E-state index contributed by atoms with van der Waals surface area (Å²) in [6, 6.07) is 9.34. The molecule has 3 heteroatoms. The Morgan fingerprint density at radius 1 is 1.21 bits per heavy atom. The van der Waals surface area contributed by atoms with Crippen LogP contribution in [0.5, 0.6) is 0 Å². The van der Waals surface area contributed by atoms with Crippen LogP contribution in [-0.4, -0.2) is 17.1 Å². The molecule has 1 rings (SSSR count). The molecule has 1 aromatic carbocycles. The number of carbonyl (C=O) groups excluding carboxylic acids is 1. The first kappa shape index (κ1) is 15.7. The summed E-state index contributed by atoms with van der Waals surface area (Å²) in [5.41, 5.74) is -0.370. The zero-order valence-corrected chi connectivity index (χ0v) is 12.5. The van der Waals surface area contributed by atoms with Crippen LogP contribution in [0.1, 0.15) is 46.6 Å². The van der Waals surface area contributed by atoms with Crippen LogP contribution in [-0.2, 0) is 10.4 Å². The molecule has 0 aliphatic rings. The van der Waals surface area contributed by atoms with Gasteiger partial charge in [0, 0.05) is 6.04 Å². The molecule has 0 fully saturated rings. The van der Waals surface area contributed by atoms with Gasteiger partial charge in [0.05, 0.1) is 12.0 Å². The van der Waals surface area contributed by atoms with E-state index in [9.17, 15) is 9.90 Å². The lowest BCUT2D eigenvalue weighted by Gasteiger charge is -2.30. The van der Waals surface area contributed by atoms with Gasteiger partial charge in [-0.15, -0.1) is 0 Å². The number of benzene rings is 1. The van der Waals surface area contributed by atoms with Crippen LogP contribution in [0, 0.1) is 5.41 Å². The molecule has 2 atom stereocenters. The highest BCUT2D eigenvalue weighted by atomic mass is 16.3. The van der Waals surface area contributed by atoms with Gasteiger partial charge in [0.1, 0.15) is 0 Å². The maximum Gasteiger partial charge on any atom is 0.223 e. The fourth-order valence-electron chi connectivity index (χ4n) is 1.72. The molecular weight excluding hydrogens is 238 g/mol. The minimum atomic E-state index is -1.14. The van der Waals surface area contributed by atoms with E-state index in [-0.39, 0.29) is 23.8 Å². The first-order valence-corrected chi connectivity index (χ1v) is 6.70. The molecule has 0 aromatic heterocycles. The van der Waals surface area contributed by atoms with E-state index in [4.69, 9.17) is 0 Å². The van der Waals surface area contributed by atoms with E-state index in [0.717, 1.165) is 5.56 Å². The number of hydrogen-bond acceptors (Lipinski definition) is 2. The molecule has 0 bridgehead atoms. The van der Waals surface area contributed by atoms with Gasteiger partial charge in [-0.25, -0.2) is 0 Å². The molecule has 2 N–H and O–H groups in total. The van der Waals surface area contributed by atoms with Gasteiger partial charge in [0.15, 0.2) is 0 Å². The van der Waals surface area contributed by atoms with Crippen LogP contribution in [0.15, 0.2) is 30.3 Å². The van der Waals surface area contributed by atoms with Gasteiger partial charge in [-0.1, -0.05) is 51.1 Å². The summed E-state index contributed by atoms with van der Waals surface area (Å²) in [6.07, 6.45) is 0.0669. The second kappa shape index (κ2) is 5.74. The lowest BCUT2D eigenvalue weighted by molar-refractivity contribution is -0.127. The van der Waals surface area contributed by atoms with Crippen molar-refractivity contribution < 1.29 is 9.90 Å². The van der Waals surface area contributed by atoms with Gasteiger partial charge in [-0.3, -0.25) is 4.79 Å². The Morgan fingerprint density at radius 3 is 2.21 bits per heavy atom. The van der Waals surface area contributed by atoms with Crippen molar-refractivity contribution in [3.63, 3.8) is 0 Å². The summed E-state index contributed by atoms with van der Waals surface area (Å²) in [6.45, 7) is 9.88. The highest BCUT2D eigenvalue weighted by Gasteiger charge is 2.28. The maximum absolute atomic E-state index is 12.0. The minimum Gasteiger partial charge on any atom is -0.385 e. The Kier molecular flexibility index (Phi) is 4.75. The molecule has 0 saturated carbocycles. The Hall–Kier alpha value is -1.35. The molecule has 0 heterocycles. The van der Waals surface area contributed by atoms with Gasteiger partial charge in [0.25, 0.3) is 0 Å². The third-order valence-corrected chi connectivity index (χ3v) is 3.58. The summed E-state index contributed by atoms with van der Waals surface area (Å²) in [5, 5.41) is 13.4. The van der Waals surface area contributed by atoms with Gasteiger partial charge >= 0.3 is 0 Å². The molecule has 0 saturated heterocycles. The molecule has 3 nitrogen and oxygen atoms in total. The van der Waals surface area contributed by atoms with Crippen LogP contribution in [0.25, 0.3) is 0 Å². The summed E-state index contributed by atoms with van der Waals surface area (Å²) in [7, 11) is 0. The second-order valence-corrected chi connectivity index (χ2v) is 6.47. The second-order valence-electron chi connectivity index (χ2n) is 6.47. The van der Waals surface area contributed by atoms with Crippen molar-refractivity contribution in [2.24, 2.45) is 5.41 Å². The molecule has 19 heavy (non-hydrogen) atoms. The molecule has 0 spiro atoms. The van der Waals surface area contributed by atoms with E-state index in [1.807, 2.05) is 37.3 Å². The van der Waals surface area contributed by atoms with E-state index in [1.165, 1.54) is 0 Å². The Bertz CT molecular complexity index is 418. The Labute approximate surface area is 116 Å². The zero-order valence-electron chi connectivity index (χ0n) is 12.5. The predicted molar refractivity (Wildman–Crippen MR) is 77.7 cm³/mol. The fraction of sp³-hybridized carbons (Fsp3) is 0.562. The minimum absolute atomic E-state index is 0.00820. The number of hydrogen-bond donors (Lipinski definition) is 2. The van der Waals surface area contributed by atoms with Crippen LogP contribution in [0.2, 0.25) is 0 Å². The van der Waals surface area contributed by atoms with Crippen molar-refractivity contribution in [2.75, 3.05) is 0 Å². The van der Waals surface area contributed by atoms with Gasteiger partial charge in [-0.2, -0.15) is 0 Å². The normalized spacial score (nSPS) is 16.5. The van der Waals surface area contributed by atoms with Crippen LogP contribution in [0.4, 0.5) is 0 Å². The molecule has 1 aromatic rings. The van der Waals surface area contributed by atoms with E-state index in [1.54, 1.807) is 6.92 Å². The summed E-state index contributed by atoms with van der Waals surface area (Å²) < 4.78 is 0. The number of carbonyl (C=O) groups is 1. The van der Waals surface area contributed by atoms with E-state index in [2.05, 4.69) is 26.1 Å². The predicted octanol–water partition coefficient (Wildman–Crippen LogP) is 2.84. The number of aliphatic hydroxyl groups is 1. The highest BCUT2D eigenvalue weighted by molar-refractivity contribution is 5.77. The van der Waals surface area contributed by atoms with Gasteiger partial charge in [-0.05, 0) is 24.8 Å². The summed E-state index contributed by atoms with van der Waals surface area (Å²) in [4.78, 5) is 12.0. The number of rotatable bonds is 4. The SMILES string of the molecule is CC(NC(=O)CC(C)(O)c1ccccc1)C(C)(C)C. The lowest BCUT2D eigenvalue weighted by Crippen LogP contribution is -2.43. The Morgan fingerprint density at radius 2 is 1.74 bits per heavy atom. The number of amides is 1. The summed E-state index contributed by atoms with van der Waals surface area (Å²) >= 11 is 0. The third kappa shape index (κ3) is 4.67. The van der Waals surface area contributed by atoms with Crippen molar-refractivity contribution in [3.8, 4) is 0 Å². The average molecular weight is 263 g/mol. The topological polar surface area (TPSA) is 49.3 Å². The quantitative estimate of drug-likeness (QED) is 0.877. The largest absolute Gasteiger partial charge is 0.385 e. The van der Waals surface area contributed by atoms with Crippen LogP contribution in [0.3, 0.4) is 0 Å². The first-order valence-electron chi connectivity index (χ1n) is 6.70. The van der Waals surface area contributed by atoms with Crippen molar-refractivity contribution in [3.05, 3.63) is 35.9 Å². The van der Waals surface area contributed by atoms with Gasteiger partial charge in [0.2, 0.25) is 5.91 Å². The monoisotopic (exact) mass is 263 g/mol. The smallest absolute Gasteiger partial charge is 0.223 e.